The number of nitrogens with one attached hydrogen (secondary N) is 1. The predicted molar refractivity (Wildman–Crippen MR) is 110 cm³/mol. The minimum atomic E-state index is 0.168. The van der Waals surface area contributed by atoms with Crippen molar-refractivity contribution in [1.29, 1.82) is 0 Å². The molecule has 2 fully saturated rings. The van der Waals surface area contributed by atoms with Gasteiger partial charge in [-0.1, -0.05) is 23.2 Å². The van der Waals surface area contributed by atoms with Crippen LogP contribution in [0.25, 0.3) is 22.5 Å². The number of benzene rings is 2. The van der Waals surface area contributed by atoms with Gasteiger partial charge in [-0.2, -0.15) is 5.10 Å². The van der Waals surface area contributed by atoms with E-state index in [1.807, 2.05) is 30.3 Å². The van der Waals surface area contributed by atoms with Crippen molar-refractivity contribution < 1.29 is 18.9 Å². The average molecular weight is 433 g/mol. The first-order chi connectivity index (χ1) is 14.2. The number of H-pyrrole nitrogens is 1. The van der Waals surface area contributed by atoms with E-state index in [-0.39, 0.29) is 12.2 Å². The van der Waals surface area contributed by atoms with Crippen molar-refractivity contribution >= 4 is 23.2 Å². The molecule has 1 aromatic heterocycles. The van der Waals surface area contributed by atoms with E-state index >= 15 is 0 Å². The maximum atomic E-state index is 6.47. The number of aromatic amines is 1. The summed E-state index contributed by atoms with van der Waals surface area (Å²) in [6.45, 7) is 2.59. The molecule has 3 aromatic rings. The Morgan fingerprint density at radius 2 is 1.48 bits per heavy atom. The van der Waals surface area contributed by atoms with Crippen molar-refractivity contribution in [3.63, 3.8) is 0 Å². The molecule has 150 valence electrons. The molecule has 8 heteroatoms. The third-order valence-electron chi connectivity index (χ3n) is 4.69. The zero-order valence-corrected chi connectivity index (χ0v) is 16.9. The topological polar surface area (TPSA) is 72.2 Å². The van der Waals surface area contributed by atoms with E-state index in [1.165, 1.54) is 0 Å². The lowest BCUT2D eigenvalue weighted by molar-refractivity contribution is 0.263. The van der Waals surface area contributed by atoms with Gasteiger partial charge in [-0.3, -0.25) is 5.10 Å². The van der Waals surface area contributed by atoms with Crippen LogP contribution in [0.3, 0.4) is 0 Å². The smallest absolute Gasteiger partial charge is 0.122 e. The van der Waals surface area contributed by atoms with Crippen LogP contribution in [0.4, 0.5) is 0 Å². The van der Waals surface area contributed by atoms with E-state index in [0.29, 0.717) is 34.6 Å². The molecule has 1 N–H and O–H groups in total. The minimum absolute atomic E-state index is 0.168. The maximum Gasteiger partial charge on any atom is 0.122 e. The number of epoxide rings is 2. The molecule has 0 spiro atoms. The largest absolute Gasteiger partial charge is 0.491 e. The molecule has 5 rings (SSSR count). The Hall–Kier alpha value is -2.25. The standard InChI is InChI=1S/C21H18Cl2N2O4/c22-17-5-14(27-9-16-11-29-16)6-18(23)21(17)20-7-19(24-25-20)12-1-3-13(4-2-12)26-8-15-10-28-15/h1-7,15-16H,8-11H2,(H,24,25). The molecular formula is C21H18Cl2N2O4. The fraction of sp³-hybridized carbons (Fsp3) is 0.286. The first-order valence-corrected chi connectivity index (χ1v) is 10.1. The highest BCUT2D eigenvalue weighted by Crippen LogP contribution is 2.38. The Kier molecular flexibility index (Phi) is 5.09. The van der Waals surface area contributed by atoms with Gasteiger partial charge >= 0.3 is 0 Å². The summed E-state index contributed by atoms with van der Waals surface area (Å²) in [5, 5.41) is 8.40. The summed E-state index contributed by atoms with van der Waals surface area (Å²) in [6.07, 6.45) is 0.401. The van der Waals surface area contributed by atoms with Crippen molar-refractivity contribution in [3.05, 3.63) is 52.5 Å². The van der Waals surface area contributed by atoms with Crippen molar-refractivity contribution in [2.45, 2.75) is 12.2 Å². The second-order valence-corrected chi connectivity index (χ2v) is 7.80. The molecule has 29 heavy (non-hydrogen) atoms. The van der Waals surface area contributed by atoms with Crippen LogP contribution in [0.15, 0.2) is 42.5 Å². The molecule has 3 heterocycles. The van der Waals surface area contributed by atoms with E-state index < -0.39 is 0 Å². The van der Waals surface area contributed by atoms with Gasteiger partial charge in [0.2, 0.25) is 0 Å². The van der Waals surface area contributed by atoms with Gasteiger partial charge in [-0.25, -0.2) is 0 Å². The van der Waals surface area contributed by atoms with Gasteiger partial charge < -0.3 is 18.9 Å². The van der Waals surface area contributed by atoms with Crippen molar-refractivity contribution in [1.82, 2.24) is 10.2 Å². The van der Waals surface area contributed by atoms with Crippen molar-refractivity contribution in [2.24, 2.45) is 0 Å². The molecule has 6 nitrogen and oxygen atoms in total. The third-order valence-corrected chi connectivity index (χ3v) is 5.29. The molecule has 0 amide bonds. The van der Waals surface area contributed by atoms with E-state index in [4.69, 9.17) is 42.1 Å². The molecule has 0 saturated carbocycles. The highest BCUT2D eigenvalue weighted by Gasteiger charge is 2.24. The number of hydrogen-bond donors (Lipinski definition) is 1. The van der Waals surface area contributed by atoms with Gasteiger partial charge in [0.05, 0.1) is 34.6 Å². The predicted octanol–water partition coefficient (Wildman–Crippen LogP) is 4.61. The Labute approximate surface area is 177 Å². The van der Waals surface area contributed by atoms with Crippen LogP contribution in [0.5, 0.6) is 11.5 Å². The van der Waals surface area contributed by atoms with Gasteiger partial charge in [-0.15, -0.1) is 0 Å². The lowest BCUT2D eigenvalue weighted by Gasteiger charge is -2.09. The van der Waals surface area contributed by atoms with Crippen LogP contribution in [-0.2, 0) is 9.47 Å². The van der Waals surface area contributed by atoms with Gasteiger partial charge in [0.25, 0.3) is 0 Å². The highest BCUT2D eigenvalue weighted by atomic mass is 35.5. The summed E-state index contributed by atoms with van der Waals surface area (Å²) < 4.78 is 21.6. The third kappa shape index (κ3) is 4.51. The first kappa shape index (κ1) is 18.8. The SMILES string of the molecule is Clc1cc(OCC2CO2)cc(Cl)c1-c1cc(-c2ccc(OCC3CO3)cc2)n[nH]1. The van der Waals surface area contributed by atoms with Gasteiger partial charge in [0.1, 0.15) is 36.9 Å². The first-order valence-electron chi connectivity index (χ1n) is 9.30. The van der Waals surface area contributed by atoms with Crippen LogP contribution < -0.4 is 9.47 Å². The summed E-state index contributed by atoms with van der Waals surface area (Å²) in [5.41, 5.74) is 3.17. The number of nitrogens with zero attached hydrogens (tertiary/aromatic N) is 1. The molecule has 2 aliphatic heterocycles. The Balaban J connectivity index is 1.32. The summed E-state index contributed by atoms with van der Waals surface area (Å²) in [6, 6.07) is 13.2. The number of rotatable bonds is 8. The van der Waals surface area contributed by atoms with Crippen LogP contribution in [0.2, 0.25) is 10.0 Å². The maximum absolute atomic E-state index is 6.47. The lowest BCUT2D eigenvalue weighted by atomic mass is 10.1. The lowest BCUT2D eigenvalue weighted by Crippen LogP contribution is -2.04. The number of hydrogen-bond acceptors (Lipinski definition) is 5. The molecule has 2 saturated heterocycles. The van der Waals surface area contributed by atoms with E-state index in [2.05, 4.69) is 10.2 Å². The summed E-state index contributed by atoms with van der Waals surface area (Å²) >= 11 is 12.9. The van der Waals surface area contributed by atoms with Crippen molar-refractivity contribution in [3.8, 4) is 34.0 Å². The van der Waals surface area contributed by atoms with E-state index in [9.17, 15) is 0 Å². The van der Waals surface area contributed by atoms with Crippen LogP contribution in [-0.4, -0.2) is 48.8 Å². The normalized spacial score (nSPS) is 19.8. The van der Waals surface area contributed by atoms with Crippen LogP contribution in [0.1, 0.15) is 0 Å². The Bertz CT molecular complexity index is 991. The van der Waals surface area contributed by atoms with E-state index in [1.54, 1.807) is 12.1 Å². The fourth-order valence-corrected chi connectivity index (χ4v) is 3.59. The Morgan fingerprint density at radius 3 is 2.07 bits per heavy atom. The van der Waals surface area contributed by atoms with Crippen molar-refractivity contribution in [2.75, 3.05) is 26.4 Å². The average Bonchev–Trinajstić information content (AvgIpc) is 3.64. The molecule has 2 aromatic carbocycles. The second-order valence-electron chi connectivity index (χ2n) is 6.99. The molecule has 0 radical (unpaired) electrons. The number of aromatic nitrogens is 2. The zero-order valence-electron chi connectivity index (χ0n) is 15.4. The monoisotopic (exact) mass is 432 g/mol. The fourth-order valence-electron chi connectivity index (χ4n) is 2.92. The number of ether oxygens (including phenoxy) is 4. The second kappa shape index (κ2) is 7.88. The Morgan fingerprint density at radius 1 is 0.897 bits per heavy atom. The van der Waals surface area contributed by atoms with Crippen LogP contribution in [0, 0.1) is 0 Å². The molecule has 2 aliphatic rings. The molecule has 2 unspecified atom stereocenters. The molecule has 2 atom stereocenters. The van der Waals surface area contributed by atoms with Gasteiger partial charge in [0, 0.05) is 11.1 Å². The van der Waals surface area contributed by atoms with E-state index in [0.717, 1.165) is 35.9 Å². The minimum Gasteiger partial charge on any atom is -0.491 e. The summed E-state index contributed by atoms with van der Waals surface area (Å²) in [4.78, 5) is 0. The number of halogens is 2. The highest BCUT2D eigenvalue weighted by molar-refractivity contribution is 6.39. The summed E-state index contributed by atoms with van der Waals surface area (Å²) in [5.74, 6) is 1.42. The quantitative estimate of drug-likeness (QED) is 0.526. The summed E-state index contributed by atoms with van der Waals surface area (Å²) in [7, 11) is 0. The van der Waals surface area contributed by atoms with Crippen LogP contribution >= 0.6 is 23.2 Å². The van der Waals surface area contributed by atoms with Gasteiger partial charge in [0.15, 0.2) is 0 Å². The van der Waals surface area contributed by atoms with Gasteiger partial charge in [-0.05, 0) is 42.5 Å². The zero-order chi connectivity index (χ0) is 19.8. The molecular weight excluding hydrogens is 415 g/mol. The molecule has 0 bridgehead atoms. The molecule has 0 aliphatic carbocycles.